The van der Waals surface area contributed by atoms with Gasteiger partial charge < -0.3 is 4.74 Å². The van der Waals surface area contributed by atoms with Crippen molar-refractivity contribution in [3.8, 4) is 0 Å². The highest BCUT2D eigenvalue weighted by Crippen LogP contribution is 2.39. The zero-order valence-corrected chi connectivity index (χ0v) is 10.2. The molecule has 0 radical (unpaired) electrons. The van der Waals surface area contributed by atoms with Crippen LogP contribution in [0.25, 0.3) is 0 Å². The minimum Gasteiger partial charge on any atom is -0.360 e. The van der Waals surface area contributed by atoms with Gasteiger partial charge in [-0.2, -0.15) is 0 Å². The molecule has 1 aliphatic carbocycles. The van der Waals surface area contributed by atoms with Crippen molar-refractivity contribution in [2.75, 3.05) is 13.2 Å². The van der Waals surface area contributed by atoms with Crippen LogP contribution < -0.4 is 5.32 Å². The van der Waals surface area contributed by atoms with E-state index in [0.29, 0.717) is 0 Å². The van der Waals surface area contributed by atoms with E-state index in [-0.39, 0.29) is 5.72 Å². The van der Waals surface area contributed by atoms with Crippen LogP contribution >= 0.6 is 0 Å². The van der Waals surface area contributed by atoms with Gasteiger partial charge in [-0.1, -0.05) is 26.7 Å². The standard InChI is InChI=1S/C13H25NO/c1-3-7-13(8-4-2)14-9-12(10-15-13)11-5-6-11/h11-12,14H,3-10H2,1-2H3. The molecule has 15 heavy (non-hydrogen) atoms. The fraction of sp³-hybridized carbons (Fsp3) is 1.00. The smallest absolute Gasteiger partial charge is 0.119 e. The van der Waals surface area contributed by atoms with Crippen molar-refractivity contribution >= 4 is 0 Å². The van der Waals surface area contributed by atoms with E-state index in [0.717, 1.165) is 31.3 Å². The average molecular weight is 211 g/mol. The number of nitrogens with one attached hydrogen (secondary N) is 1. The first kappa shape index (κ1) is 11.4. The summed E-state index contributed by atoms with van der Waals surface area (Å²) in [7, 11) is 0. The van der Waals surface area contributed by atoms with Gasteiger partial charge in [0.05, 0.1) is 6.61 Å². The van der Waals surface area contributed by atoms with E-state index in [2.05, 4.69) is 19.2 Å². The number of hydrogen-bond donors (Lipinski definition) is 1. The maximum absolute atomic E-state index is 6.15. The summed E-state index contributed by atoms with van der Waals surface area (Å²) in [5.74, 6) is 1.77. The summed E-state index contributed by atoms with van der Waals surface area (Å²) >= 11 is 0. The van der Waals surface area contributed by atoms with Crippen LogP contribution in [0.2, 0.25) is 0 Å². The third-order valence-electron chi connectivity index (χ3n) is 3.86. The Morgan fingerprint density at radius 2 is 1.80 bits per heavy atom. The van der Waals surface area contributed by atoms with Gasteiger partial charge in [0, 0.05) is 6.54 Å². The molecule has 1 saturated carbocycles. The van der Waals surface area contributed by atoms with E-state index < -0.39 is 0 Å². The molecule has 1 saturated heterocycles. The molecule has 1 heterocycles. The molecule has 1 N–H and O–H groups in total. The third-order valence-corrected chi connectivity index (χ3v) is 3.86. The van der Waals surface area contributed by atoms with Gasteiger partial charge in [-0.15, -0.1) is 0 Å². The highest BCUT2D eigenvalue weighted by atomic mass is 16.5. The highest BCUT2D eigenvalue weighted by Gasteiger charge is 2.39. The molecule has 1 unspecified atom stereocenters. The summed E-state index contributed by atoms with van der Waals surface area (Å²) in [5.41, 5.74) is 0.0227. The fourth-order valence-electron chi connectivity index (χ4n) is 2.82. The molecule has 0 spiro atoms. The second-order valence-corrected chi connectivity index (χ2v) is 5.28. The zero-order chi connectivity index (χ0) is 10.7. The predicted molar refractivity (Wildman–Crippen MR) is 62.7 cm³/mol. The Bertz CT molecular complexity index is 185. The molecule has 2 heteroatoms. The van der Waals surface area contributed by atoms with Gasteiger partial charge in [0.25, 0.3) is 0 Å². The topological polar surface area (TPSA) is 21.3 Å². The second-order valence-electron chi connectivity index (χ2n) is 5.28. The third kappa shape index (κ3) is 2.73. The number of rotatable bonds is 5. The molecule has 88 valence electrons. The maximum Gasteiger partial charge on any atom is 0.119 e. The molecule has 2 aliphatic rings. The van der Waals surface area contributed by atoms with Gasteiger partial charge in [0.1, 0.15) is 5.72 Å². The van der Waals surface area contributed by atoms with Gasteiger partial charge in [-0.25, -0.2) is 0 Å². The van der Waals surface area contributed by atoms with E-state index in [9.17, 15) is 0 Å². The molecule has 2 rings (SSSR count). The van der Waals surface area contributed by atoms with Crippen LogP contribution in [0.4, 0.5) is 0 Å². The van der Waals surface area contributed by atoms with Crippen molar-refractivity contribution in [3.63, 3.8) is 0 Å². The second kappa shape index (κ2) is 4.84. The SMILES string of the molecule is CCCC1(CCC)NCC(C2CC2)CO1. The number of hydrogen-bond acceptors (Lipinski definition) is 2. The highest BCUT2D eigenvalue weighted by molar-refractivity contribution is 4.89. The molecule has 1 atom stereocenters. The van der Waals surface area contributed by atoms with Gasteiger partial charge in [0.2, 0.25) is 0 Å². The Morgan fingerprint density at radius 1 is 1.13 bits per heavy atom. The molecule has 1 aliphatic heterocycles. The molecule has 0 bridgehead atoms. The van der Waals surface area contributed by atoms with Crippen molar-refractivity contribution < 1.29 is 4.74 Å². The predicted octanol–water partition coefficient (Wildman–Crippen LogP) is 2.93. The summed E-state index contributed by atoms with van der Waals surface area (Å²) in [6.45, 7) is 6.67. The molecule has 0 aromatic heterocycles. The summed E-state index contributed by atoms with van der Waals surface area (Å²) in [6.07, 6.45) is 7.62. The first-order chi connectivity index (χ1) is 7.29. The molecule has 2 nitrogen and oxygen atoms in total. The molecule has 2 fully saturated rings. The first-order valence-electron chi connectivity index (χ1n) is 6.68. The van der Waals surface area contributed by atoms with Gasteiger partial charge >= 0.3 is 0 Å². The minimum atomic E-state index is 0.0227. The van der Waals surface area contributed by atoms with E-state index in [1.807, 2.05) is 0 Å². The summed E-state index contributed by atoms with van der Waals surface area (Å²) < 4.78 is 6.15. The quantitative estimate of drug-likeness (QED) is 0.755. The van der Waals surface area contributed by atoms with Crippen LogP contribution in [0, 0.1) is 11.8 Å². The lowest BCUT2D eigenvalue weighted by Gasteiger charge is -2.41. The number of ether oxygens (including phenoxy) is 1. The Labute approximate surface area is 93.8 Å². The zero-order valence-electron chi connectivity index (χ0n) is 10.2. The molecular formula is C13H25NO. The van der Waals surface area contributed by atoms with E-state index in [4.69, 9.17) is 4.74 Å². The lowest BCUT2D eigenvalue weighted by Crippen LogP contribution is -2.55. The Kier molecular flexibility index (Phi) is 3.68. The van der Waals surface area contributed by atoms with Gasteiger partial charge in [-0.05, 0) is 37.5 Å². The van der Waals surface area contributed by atoms with E-state index in [1.165, 1.54) is 32.2 Å². The Balaban J connectivity index is 1.85. The Hall–Kier alpha value is -0.0800. The summed E-state index contributed by atoms with van der Waals surface area (Å²) in [5, 5.41) is 3.68. The Morgan fingerprint density at radius 3 is 2.20 bits per heavy atom. The molecule has 0 amide bonds. The maximum atomic E-state index is 6.15. The summed E-state index contributed by atoms with van der Waals surface area (Å²) in [4.78, 5) is 0. The van der Waals surface area contributed by atoms with Crippen LogP contribution in [0.3, 0.4) is 0 Å². The first-order valence-corrected chi connectivity index (χ1v) is 6.68. The van der Waals surface area contributed by atoms with Crippen LogP contribution in [-0.4, -0.2) is 18.9 Å². The van der Waals surface area contributed by atoms with Crippen molar-refractivity contribution in [1.29, 1.82) is 0 Å². The fourth-order valence-corrected chi connectivity index (χ4v) is 2.82. The van der Waals surface area contributed by atoms with Gasteiger partial charge in [-0.3, -0.25) is 5.32 Å². The average Bonchev–Trinajstić information content (AvgIpc) is 3.03. The van der Waals surface area contributed by atoms with Gasteiger partial charge in [0.15, 0.2) is 0 Å². The monoisotopic (exact) mass is 211 g/mol. The van der Waals surface area contributed by atoms with E-state index >= 15 is 0 Å². The van der Waals surface area contributed by atoms with Crippen LogP contribution in [-0.2, 0) is 4.74 Å². The van der Waals surface area contributed by atoms with Crippen molar-refractivity contribution in [3.05, 3.63) is 0 Å². The van der Waals surface area contributed by atoms with Crippen molar-refractivity contribution in [2.45, 2.75) is 58.1 Å². The largest absolute Gasteiger partial charge is 0.360 e. The van der Waals surface area contributed by atoms with Crippen molar-refractivity contribution in [1.82, 2.24) is 5.32 Å². The lowest BCUT2D eigenvalue weighted by molar-refractivity contribution is -0.129. The lowest BCUT2D eigenvalue weighted by atomic mass is 9.95. The molecule has 0 aromatic carbocycles. The van der Waals surface area contributed by atoms with Crippen LogP contribution in [0.1, 0.15) is 52.4 Å². The molecular weight excluding hydrogens is 186 g/mol. The van der Waals surface area contributed by atoms with E-state index in [1.54, 1.807) is 0 Å². The minimum absolute atomic E-state index is 0.0227. The molecule has 0 aromatic rings. The van der Waals surface area contributed by atoms with Crippen LogP contribution in [0.5, 0.6) is 0 Å². The normalized spacial score (nSPS) is 30.4. The van der Waals surface area contributed by atoms with Crippen LogP contribution in [0.15, 0.2) is 0 Å². The summed E-state index contributed by atoms with van der Waals surface area (Å²) in [6, 6.07) is 0. The van der Waals surface area contributed by atoms with Crippen molar-refractivity contribution in [2.24, 2.45) is 11.8 Å².